The number of fused-ring (bicyclic) bond motifs is 1. The van der Waals surface area contributed by atoms with Crippen molar-refractivity contribution in [1.29, 1.82) is 0 Å². The molecule has 7 nitrogen and oxygen atoms in total. The topological polar surface area (TPSA) is 69.2 Å². The number of benzene rings is 1. The molecule has 0 aliphatic carbocycles. The van der Waals surface area contributed by atoms with Gasteiger partial charge >= 0.3 is 0 Å². The average Bonchev–Trinajstić information content (AvgIpc) is 2.89. The summed E-state index contributed by atoms with van der Waals surface area (Å²) in [6.07, 6.45) is 5.62. The van der Waals surface area contributed by atoms with Gasteiger partial charge in [0.25, 0.3) is 0 Å². The first-order valence-electron chi connectivity index (χ1n) is 11.5. The van der Waals surface area contributed by atoms with E-state index < -0.39 is 0 Å². The van der Waals surface area contributed by atoms with Crippen LogP contribution in [0.1, 0.15) is 5.56 Å². The van der Waals surface area contributed by atoms with Gasteiger partial charge in [0.1, 0.15) is 17.5 Å². The first-order chi connectivity index (χ1) is 16.6. The highest BCUT2D eigenvalue weighted by Crippen LogP contribution is 2.27. The molecule has 4 heterocycles. The number of aromatic nitrogens is 3. The van der Waals surface area contributed by atoms with E-state index in [1.165, 1.54) is 0 Å². The number of piperazine rings is 1. The van der Waals surface area contributed by atoms with E-state index in [2.05, 4.69) is 85.4 Å². The molecule has 0 spiro atoms. The van der Waals surface area contributed by atoms with Crippen molar-refractivity contribution in [3.8, 4) is 11.1 Å². The zero-order valence-electron chi connectivity index (χ0n) is 19.6. The van der Waals surface area contributed by atoms with Crippen molar-refractivity contribution in [1.82, 2.24) is 19.9 Å². The van der Waals surface area contributed by atoms with Gasteiger partial charge in [-0.1, -0.05) is 18.7 Å². The van der Waals surface area contributed by atoms with Gasteiger partial charge in [0.15, 0.2) is 0 Å². The molecule has 0 amide bonds. The van der Waals surface area contributed by atoms with E-state index in [0.29, 0.717) is 0 Å². The molecule has 0 bridgehead atoms. The van der Waals surface area contributed by atoms with E-state index in [-0.39, 0.29) is 0 Å². The van der Waals surface area contributed by atoms with Crippen molar-refractivity contribution in [2.45, 2.75) is 0 Å². The summed E-state index contributed by atoms with van der Waals surface area (Å²) in [7, 11) is 4.02. The summed E-state index contributed by atoms with van der Waals surface area (Å²) >= 11 is 0. The fraction of sp³-hybridized carbons (Fsp3) is 0.222. The highest BCUT2D eigenvalue weighted by molar-refractivity contribution is 5.89. The van der Waals surface area contributed by atoms with Crippen LogP contribution in [0.4, 0.5) is 17.5 Å². The number of anilines is 3. The van der Waals surface area contributed by atoms with Crippen LogP contribution in [0, 0.1) is 0 Å². The second-order valence-corrected chi connectivity index (χ2v) is 8.61. The molecule has 1 saturated heterocycles. The molecule has 1 aliphatic heterocycles. The molecule has 4 aromatic rings. The summed E-state index contributed by atoms with van der Waals surface area (Å²) < 4.78 is 0. The minimum absolute atomic E-state index is 0.760. The molecule has 0 radical (unpaired) electrons. The number of pyridine rings is 3. The monoisotopic (exact) mass is 451 g/mol. The number of hydrogen-bond donors (Lipinski definition) is 2. The van der Waals surface area contributed by atoms with Gasteiger partial charge in [-0.3, -0.25) is 0 Å². The van der Waals surface area contributed by atoms with Crippen molar-refractivity contribution in [2.24, 2.45) is 0 Å². The number of hydrogen-bond acceptors (Lipinski definition) is 7. The first-order valence-corrected chi connectivity index (χ1v) is 11.5. The summed E-state index contributed by atoms with van der Waals surface area (Å²) in [6.45, 7) is 8.31. The lowest BCUT2D eigenvalue weighted by Crippen LogP contribution is -2.44. The minimum Gasteiger partial charge on any atom is -0.373 e. The number of rotatable bonds is 6. The largest absolute Gasteiger partial charge is 0.373 e. The van der Waals surface area contributed by atoms with Gasteiger partial charge in [0.2, 0.25) is 0 Å². The molecule has 5 rings (SSSR count). The third-order valence-corrected chi connectivity index (χ3v) is 6.27. The molecule has 3 aromatic heterocycles. The van der Waals surface area contributed by atoms with Crippen LogP contribution in [0.2, 0.25) is 0 Å². The van der Waals surface area contributed by atoms with Crippen molar-refractivity contribution in [3.05, 3.63) is 79.3 Å². The lowest BCUT2D eigenvalue weighted by molar-refractivity contribution is 0.312. The van der Waals surface area contributed by atoms with Gasteiger partial charge in [-0.15, -0.1) is 0 Å². The number of nitrogens with zero attached hydrogens (tertiary/aromatic N) is 5. The molecule has 1 aliphatic rings. The molecule has 0 atom stereocenters. The Hall–Kier alpha value is -3.97. The molecule has 1 fully saturated rings. The maximum atomic E-state index is 4.59. The van der Waals surface area contributed by atoms with Gasteiger partial charge in [0.05, 0.1) is 0 Å². The van der Waals surface area contributed by atoms with Crippen LogP contribution in [0.25, 0.3) is 27.6 Å². The Morgan fingerprint density at radius 1 is 0.824 bits per heavy atom. The molecule has 172 valence electrons. The second kappa shape index (κ2) is 9.49. The third kappa shape index (κ3) is 4.70. The van der Waals surface area contributed by atoms with Crippen molar-refractivity contribution in [3.63, 3.8) is 0 Å². The van der Waals surface area contributed by atoms with Crippen LogP contribution in [0.5, 0.6) is 0 Å². The lowest BCUT2D eigenvalue weighted by Gasteiger charge is -2.33. The van der Waals surface area contributed by atoms with E-state index in [0.717, 1.165) is 76.8 Å². The SMILES string of the molecule is C=C(Nc1cc2cc(-c3ccc(NC)nc3)ccc2cn1)c1ccnc(N2CCN(C)CC2)c1. The lowest BCUT2D eigenvalue weighted by atomic mass is 10.0. The number of nitrogens with one attached hydrogen (secondary N) is 2. The standard InChI is InChI=1S/C27H29N7/c1-19(20-8-9-29-27(16-20)34-12-10-33(3)11-13-34)32-26-15-24-14-21(4-5-23(24)18-31-26)22-6-7-25(28-2)30-17-22/h4-9,14-18H,1,10-13H2,2-3H3,(H,28,30)(H,31,32). The van der Waals surface area contributed by atoms with Gasteiger partial charge in [-0.25, -0.2) is 15.0 Å². The maximum Gasteiger partial charge on any atom is 0.130 e. The fourth-order valence-corrected chi connectivity index (χ4v) is 4.14. The fourth-order valence-electron chi connectivity index (χ4n) is 4.14. The molecule has 0 saturated carbocycles. The Balaban J connectivity index is 1.35. The van der Waals surface area contributed by atoms with Crippen LogP contribution in [0.3, 0.4) is 0 Å². The Bertz CT molecular complexity index is 1310. The zero-order valence-corrected chi connectivity index (χ0v) is 19.6. The molecular weight excluding hydrogens is 422 g/mol. The maximum absolute atomic E-state index is 4.59. The average molecular weight is 452 g/mol. The van der Waals surface area contributed by atoms with Crippen molar-refractivity contribution >= 4 is 33.9 Å². The van der Waals surface area contributed by atoms with Gasteiger partial charge < -0.3 is 20.4 Å². The van der Waals surface area contributed by atoms with E-state index in [4.69, 9.17) is 0 Å². The molecule has 7 heteroatoms. The molecular formula is C27H29N7. The quantitative estimate of drug-likeness (QED) is 0.445. The summed E-state index contributed by atoms with van der Waals surface area (Å²) in [5.41, 5.74) is 4.00. The van der Waals surface area contributed by atoms with E-state index in [9.17, 15) is 0 Å². The molecule has 1 aromatic carbocycles. The van der Waals surface area contributed by atoms with Gasteiger partial charge in [-0.2, -0.15) is 0 Å². The second-order valence-electron chi connectivity index (χ2n) is 8.61. The molecule has 0 unspecified atom stereocenters. The van der Waals surface area contributed by atoms with Crippen molar-refractivity contribution in [2.75, 3.05) is 55.8 Å². The molecule has 2 N–H and O–H groups in total. The van der Waals surface area contributed by atoms with Crippen LogP contribution in [0.15, 0.2) is 73.7 Å². The van der Waals surface area contributed by atoms with E-state index >= 15 is 0 Å². The van der Waals surface area contributed by atoms with Gasteiger partial charge in [-0.05, 0) is 54.4 Å². The highest BCUT2D eigenvalue weighted by atomic mass is 15.3. The Morgan fingerprint density at radius 3 is 2.38 bits per heavy atom. The van der Waals surface area contributed by atoms with Crippen molar-refractivity contribution < 1.29 is 0 Å². The predicted octanol–water partition coefficient (Wildman–Crippen LogP) is 4.57. The van der Waals surface area contributed by atoms with Crippen LogP contribution < -0.4 is 15.5 Å². The predicted molar refractivity (Wildman–Crippen MR) is 141 cm³/mol. The van der Waals surface area contributed by atoms with Crippen LogP contribution in [-0.4, -0.2) is 60.1 Å². The third-order valence-electron chi connectivity index (χ3n) is 6.27. The Kier molecular flexibility index (Phi) is 6.10. The molecule has 34 heavy (non-hydrogen) atoms. The van der Waals surface area contributed by atoms with Crippen LogP contribution in [-0.2, 0) is 0 Å². The van der Waals surface area contributed by atoms with E-state index in [1.54, 1.807) is 0 Å². The summed E-state index contributed by atoms with van der Waals surface area (Å²) in [4.78, 5) is 18.3. The summed E-state index contributed by atoms with van der Waals surface area (Å²) in [6, 6.07) is 16.5. The van der Waals surface area contributed by atoms with E-state index in [1.807, 2.05) is 37.8 Å². The van der Waals surface area contributed by atoms with Gasteiger partial charge in [0, 0.05) is 74.0 Å². The zero-order chi connectivity index (χ0) is 23.5. The smallest absolute Gasteiger partial charge is 0.130 e. The Labute approximate surface area is 200 Å². The number of likely N-dealkylation sites (N-methyl/N-ethyl adjacent to an activating group) is 1. The first kappa shape index (κ1) is 21.9. The Morgan fingerprint density at radius 2 is 1.62 bits per heavy atom. The van der Waals surface area contributed by atoms with Crippen LogP contribution >= 0.6 is 0 Å². The summed E-state index contributed by atoms with van der Waals surface area (Å²) in [5.74, 6) is 2.60. The highest BCUT2D eigenvalue weighted by Gasteiger charge is 2.16. The summed E-state index contributed by atoms with van der Waals surface area (Å²) in [5, 5.41) is 8.62. The normalized spacial score (nSPS) is 14.2. The minimum atomic E-state index is 0.760.